The summed E-state index contributed by atoms with van der Waals surface area (Å²) in [5.74, 6) is -1.64. The van der Waals surface area contributed by atoms with Gasteiger partial charge in [-0.25, -0.2) is 9.18 Å². The molecule has 1 N–H and O–H groups in total. The number of carbonyl (C=O) groups excluding carboxylic acids is 2. The van der Waals surface area contributed by atoms with Crippen LogP contribution in [-0.4, -0.2) is 18.5 Å². The molecule has 0 atom stereocenters. The van der Waals surface area contributed by atoms with E-state index in [1.807, 2.05) is 19.9 Å². The maximum Gasteiger partial charge on any atom is 0.338 e. The summed E-state index contributed by atoms with van der Waals surface area (Å²) in [5, 5.41) is 2.52. The standard InChI is InChI=1S/C17H15ClFNO3/c1-10-4-3-5-13(11(10)2)17(22)23-9-16(21)20-15-7-6-12(19)8-14(15)18/h3-8H,9H2,1-2H3,(H,20,21). The van der Waals surface area contributed by atoms with E-state index in [4.69, 9.17) is 16.3 Å². The van der Waals surface area contributed by atoms with Crippen molar-refractivity contribution in [1.82, 2.24) is 0 Å². The Morgan fingerprint density at radius 3 is 2.65 bits per heavy atom. The van der Waals surface area contributed by atoms with Gasteiger partial charge in [-0.1, -0.05) is 23.7 Å². The first kappa shape index (κ1) is 17.0. The molecule has 2 rings (SSSR count). The van der Waals surface area contributed by atoms with Gasteiger partial charge in [0.05, 0.1) is 16.3 Å². The predicted octanol–water partition coefficient (Wildman–Crippen LogP) is 3.89. The zero-order valence-electron chi connectivity index (χ0n) is 12.7. The molecule has 120 valence electrons. The third-order valence-electron chi connectivity index (χ3n) is 3.36. The first-order valence-corrected chi connectivity index (χ1v) is 7.24. The minimum Gasteiger partial charge on any atom is -0.452 e. The fourth-order valence-electron chi connectivity index (χ4n) is 1.96. The molecule has 0 aliphatic heterocycles. The number of carbonyl (C=O) groups is 2. The van der Waals surface area contributed by atoms with Crippen molar-refractivity contribution in [3.8, 4) is 0 Å². The zero-order valence-corrected chi connectivity index (χ0v) is 13.4. The van der Waals surface area contributed by atoms with E-state index in [-0.39, 0.29) is 10.7 Å². The van der Waals surface area contributed by atoms with Crippen LogP contribution >= 0.6 is 11.6 Å². The molecular formula is C17H15ClFNO3. The number of ether oxygens (including phenoxy) is 1. The van der Waals surface area contributed by atoms with Crippen LogP contribution in [0.25, 0.3) is 0 Å². The fourth-order valence-corrected chi connectivity index (χ4v) is 2.17. The van der Waals surface area contributed by atoms with Crippen molar-refractivity contribution < 1.29 is 18.7 Å². The minimum atomic E-state index is -0.577. The van der Waals surface area contributed by atoms with E-state index in [1.165, 1.54) is 12.1 Å². The summed E-state index contributed by atoms with van der Waals surface area (Å²) >= 11 is 5.81. The third-order valence-corrected chi connectivity index (χ3v) is 3.68. The second kappa shape index (κ2) is 7.24. The van der Waals surface area contributed by atoms with Gasteiger partial charge in [-0.2, -0.15) is 0 Å². The lowest BCUT2D eigenvalue weighted by Crippen LogP contribution is -2.21. The van der Waals surface area contributed by atoms with Gasteiger partial charge in [-0.15, -0.1) is 0 Å². The second-order valence-electron chi connectivity index (χ2n) is 5.00. The fraction of sp³-hybridized carbons (Fsp3) is 0.176. The monoisotopic (exact) mass is 335 g/mol. The number of anilines is 1. The van der Waals surface area contributed by atoms with E-state index in [0.717, 1.165) is 17.2 Å². The topological polar surface area (TPSA) is 55.4 Å². The highest BCUT2D eigenvalue weighted by atomic mass is 35.5. The molecule has 0 saturated heterocycles. The minimum absolute atomic E-state index is 0.0687. The third kappa shape index (κ3) is 4.29. The van der Waals surface area contributed by atoms with Gasteiger partial charge in [0.25, 0.3) is 5.91 Å². The normalized spacial score (nSPS) is 10.3. The van der Waals surface area contributed by atoms with E-state index in [2.05, 4.69) is 5.32 Å². The Hall–Kier alpha value is -2.40. The van der Waals surface area contributed by atoms with Crippen LogP contribution in [0.15, 0.2) is 36.4 Å². The number of aryl methyl sites for hydroxylation is 1. The number of halogens is 2. The molecule has 23 heavy (non-hydrogen) atoms. The quantitative estimate of drug-likeness (QED) is 0.862. The Morgan fingerprint density at radius 2 is 1.96 bits per heavy atom. The van der Waals surface area contributed by atoms with Gasteiger partial charge in [0, 0.05) is 0 Å². The van der Waals surface area contributed by atoms with Crippen LogP contribution in [0, 0.1) is 19.7 Å². The Labute approximate surface area is 138 Å². The molecule has 0 aliphatic carbocycles. The highest BCUT2D eigenvalue weighted by Gasteiger charge is 2.14. The van der Waals surface area contributed by atoms with Gasteiger partial charge in [0.15, 0.2) is 6.61 Å². The molecule has 0 unspecified atom stereocenters. The molecule has 2 aromatic rings. The van der Waals surface area contributed by atoms with Gasteiger partial charge in [0.1, 0.15) is 5.82 Å². The lowest BCUT2D eigenvalue weighted by atomic mass is 10.0. The highest BCUT2D eigenvalue weighted by Crippen LogP contribution is 2.22. The summed E-state index contributed by atoms with van der Waals surface area (Å²) in [6.07, 6.45) is 0. The Kier molecular flexibility index (Phi) is 5.34. The molecule has 0 aliphatic rings. The molecule has 4 nitrogen and oxygen atoms in total. The first-order valence-electron chi connectivity index (χ1n) is 6.86. The van der Waals surface area contributed by atoms with Gasteiger partial charge < -0.3 is 10.1 Å². The average Bonchev–Trinajstić information content (AvgIpc) is 2.50. The highest BCUT2D eigenvalue weighted by molar-refractivity contribution is 6.33. The lowest BCUT2D eigenvalue weighted by Gasteiger charge is -2.10. The summed E-state index contributed by atoms with van der Waals surface area (Å²) < 4.78 is 17.9. The van der Waals surface area contributed by atoms with Gasteiger partial charge in [0.2, 0.25) is 0 Å². The van der Waals surface area contributed by atoms with Crippen molar-refractivity contribution in [3.05, 3.63) is 63.9 Å². The molecule has 1 amide bonds. The molecule has 0 spiro atoms. The SMILES string of the molecule is Cc1cccc(C(=O)OCC(=O)Nc2ccc(F)cc2Cl)c1C. The van der Waals surface area contributed by atoms with Crippen molar-refractivity contribution >= 4 is 29.2 Å². The predicted molar refractivity (Wildman–Crippen MR) is 86.2 cm³/mol. The number of esters is 1. The van der Waals surface area contributed by atoms with E-state index in [9.17, 15) is 14.0 Å². The summed E-state index contributed by atoms with van der Waals surface area (Å²) in [4.78, 5) is 23.8. The zero-order chi connectivity index (χ0) is 17.0. The summed E-state index contributed by atoms with van der Waals surface area (Å²) in [6.45, 7) is 3.24. The van der Waals surface area contributed by atoms with Crippen molar-refractivity contribution in [2.75, 3.05) is 11.9 Å². The smallest absolute Gasteiger partial charge is 0.338 e. The van der Waals surface area contributed by atoms with Gasteiger partial charge in [-0.05, 0) is 49.2 Å². The maximum absolute atomic E-state index is 12.9. The number of rotatable bonds is 4. The Bertz CT molecular complexity index is 761. The second-order valence-corrected chi connectivity index (χ2v) is 5.40. The Morgan fingerprint density at radius 1 is 1.22 bits per heavy atom. The van der Waals surface area contributed by atoms with Crippen molar-refractivity contribution in [2.45, 2.75) is 13.8 Å². The molecule has 0 fully saturated rings. The van der Waals surface area contributed by atoms with Crippen LogP contribution < -0.4 is 5.32 Å². The van der Waals surface area contributed by atoms with Crippen LogP contribution in [0.5, 0.6) is 0 Å². The van der Waals surface area contributed by atoms with E-state index >= 15 is 0 Å². The number of nitrogens with one attached hydrogen (secondary N) is 1. The van der Waals surface area contributed by atoms with Crippen LogP contribution in [0.3, 0.4) is 0 Å². The van der Waals surface area contributed by atoms with Crippen LogP contribution in [0.2, 0.25) is 5.02 Å². The van der Waals surface area contributed by atoms with Crippen LogP contribution in [-0.2, 0) is 9.53 Å². The Balaban J connectivity index is 1.96. The molecule has 0 saturated carbocycles. The molecule has 0 heterocycles. The molecule has 0 bridgehead atoms. The summed E-state index contributed by atoms with van der Waals surface area (Å²) in [6, 6.07) is 8.86. The molecule has 2 aromatic carbocycles. The molecule has 0 aromatic heterocycles. The van der Waals surface area contributed by atoms with E-state index in [1.54, 1.807) is 12.1 Å². The first-order chi connectivity index (χ1) is 10.9. The summed E-state index contributed by atoms with van der Waals surface area (Å²) in [5.41, 5.74) is 2.43. The van der Waals surface area contributed by atoms with E-state index in [0.29, 0.717) is 5.56 Å². The number of hydrogen-bond donors (Lipinski definition) is 1. The maximum atomic E-state index is 12.9. The van der Waals surface area contributed by atoms with Crippen molar-refractivity contribution in [3.63, 3.8) is 0 Å². The lowest BCUT2D eigenvalue weighted by molar-refractivity contribution is -0.119. The number of amides is 1. The van der Waals surface area contributed by atoms with Gasteiger partial charge in [-0.3, -0.25) is 4.79 Å². The van der Waals surface area contributed by atoms with Crippen LogP contribution in [0.1, 0.15) is 21.5 Å². The summed E-state index contributed by atoms with van der Waals surface area (Å²) in [7, 11) is 0. The average molecular weight is 336 g/mol. The van der Waals surface area contributed by atoms with E-state index < -0.39 is 24.3 Å². The number of hydrogen-bond acceptors (Lipinski definition) is 3. The largest absolute Gasteiger partial charge is 0.452 e. The molecule has 6 heteroatoms. The van der Waals surface area contributed by atoms with Crippen molar-refractivity contribution in [1.29, 1.82) is 0 Å². The van der Waals surface area contributed by atoms with Crippen LogP contribution in [0.4, 0.5) is 10.1 Å². The van der Waals surface area contributed by atoms with Gasteiger partial charge >= 0.3 is 5.97 Å². The molecular weight excluding hydrogens is 321 g/mol. The van der Waals surface area contributed by atoms with Crippen molar-refractivity contribution in [2.24, 2.45) is 0 Å². The molecule has 0 radical (unpaired) electrons. The number of benzene rings is 2.